The molecule has 0 saturated carbocycles. The SMILES string of the molecule is COc1ccc(C)cc1N1CC(C(=O)Nc2ccccc2Nc2ccc(C)cc2)CC1=O. The standard InChI is InChI=1S/C26H27N3O3/c1-17-8-11-20(12-9-17)27-21-6-4-5-7-22(21)28-26(31)19-15-25(30)29(16-19)23-14-18(2)10-13-24(23)32-3/h4-14,19,27H,15-16H2,1-3H3,(H,28,31). The summed E-state index contributed by atoms with van der Waals surface area (Å²) in [6.45, 7) is 4.32. The van der Waals surface area contributed by atoms with Crippen molar-refractivity contribution in [2.45, 2.75) is 20.3 Å². The lowest BCUT2D eigenvalue weighted by atomic mass is 10.1. The van der Waals surface area contributed by atoms with E-state index in [1.54, 1.807) is 12.0 Å². The van der Waals surface area contributed by atoms with Gasteiger partial charge in [0.25, 0.3) is 0 Å². The Bertz CT molecular complexity index is 1140. The summed E-state index contributed by atoms with van der Waals surface area (Å²) in [4.78, 5) is 27.4. The zero-order valence-electron chi connectivity index (χ0n) is 18.5. The van der Waals surface area contributed by atoms with Crippen LogP contribution in [0.15, 0.2) is 66.7 Å². The van der Waals surface area contributed by atoms with Gasteiger partial charge in [0.1, 0.15) is 5.75 Å². The molecule has 6 nitrogen and oxygen atoms in total. The third kappa shape index (κ3) is 4.59. The van der Waals surface area contributed by atoms with Gasteiger partial charge in [0.2, 0.25) is 11.8 Å². The Morgan fingerprint density at radius 3 is 2.38 bits per heavy atom. The first kappa shape index (κ1) is 21.4. The number of hydrogen-bond donors (Lipinski definition) is 2. The second kappa shape index (κ2) is 9.14. The van der Waals surface area contributed by atoms with Crippen LogP contribution in [0.5, 0.6) is 5.75 Å². The maximum Gasteiger partial charge on any atom is 0.229 e. The summed E-state index contributed by atoms with van der Waals surface area (Å²) in [5.41, 5.74) is 5.32. The number of ether oxygens (including phenoxy) is 1. The van der Waals surface area contributed by atoms with Gasteiger partial charge >= 0.3 is 0 Å². The van der Waals surface area contributed by atoms with E-state index < -0.39 is 5.92 Å². The average molecular weight is 430 g/mol. The molecule has 3 aromatic rings. The summed E-state index contributed by atoms with van der Waals surface area (Å²) in [6, 6.07) is 21.3. The average Bonchev–Trinajstić information content (AvgIpc) is 3.18. The van der Waals surface area contributed by atoms with Crippen molar-refractivity contribution in [3.05, 3.63) is 77.9 Å². The van der Waals surface area contributed by atoms with Crippen LogP contribution >= 0.6 is 0 Å². The lowest BCUT2D eigenvalue weighted by Gasteiger charge is -2.20. The van der Waals surface area contributed by atoms with Gasteiger partial charge in [-0.15, -0.1) is 0 Å². The minimum atomic E-state index is -0.444. The van der Waals surface area contributed by atoms with Gasteiger partial charge in [-0.1, -0.05) is 35.9 Å². The highest BCUT2D eigenvalue weighted by Gasteiger charge is 2.36. The monoisotopic (exact) mass is 429 g/mol. The second-order valence-corrected chi connectivity index (χ2v) is 8.11. The number of nitrogens with zero attached hydrogens (tertiary/aromatic N) is 1. The van der Waals surface area contributed by atoms with Crippen molar-refractivity contribution in [2.24, 2.45) is 5.92 Å². The van der Waals surface area contributed by atoms with Crippen LogP contribution in [-0.2, 0) is 9.59 Å². The fraction of sp³-hybridized carbons (Fsp3) is 0.231. The van der Waals surface area contributed by atoms with E-state index in [1.807, 2.05) is 80.6 Å². The number of hydrogen-bond acceptors (Lipinski definition) is 4. The molecule has 2 amide bonds. The third-order valence-electron chi connectivity index (χ3n) is 5.64. The summed E-state index contributed by atoms with van der Waals surface area (Å²) in [7, 11) is 1.58. The molecule has 164 valence electrons. The van der Waals surface area contributed by atoms with Gasteiger partial charge in [-0.05, 0) is 55.8 Å². The molecule has 1 saturated heterocycles. The number of para-hydroxylation sites is 2. The summed E-state index contributed by atoms with van der Waals surface area (Å²) in [5, 5.41) is 6.36. The van der Waals surface area contributed by atoms with Gasteiger partial charge < -0.3 is 20.3 Å². The number of nitrogens with one attached hydrogen (secondary N) is 2. The van der Waals surface area contributed by atoms with Gasteiger partial charge in [0.05, 0.1) is 30.1 Å². The number of aryl methyl sites for hydroxylation is 2. The van der Waals surface area contributed by atoms with E-state index in [4.69, 9.17) is 4.74 Å². The molecule has 4 rings (SSSR count). The highest BCUT2D eigenvalue weighted by atomic mass is 16.5. The molecule has 0 aromatic heterocycles. The first-order chi connectivity index (χ1) is 15.4. The summed E-state index contributed by atoms with van der Waals surface area (Å²) in [5.74, 6) is -0.0801. The van der Waals surface area contributed by atoms with Gasteiger partial charge in [0, 0.05) is 18.7 Å². The van der Waals surface area contributed by atoms with Crippen molar-refractivity contribution in [2.75, 3.05) is 29.2 Å². The Balaban J connectivity index is 1.49. The first-order valence-electron chi connectivity index (χ1n) is 10.6. The number of carbonyl (C=O) groups is 2. The van der Waals surface area contributed by atoms with Crippen molar-refractivity contribution in [1.29, 1.82) is 0 Å². The Morgan fingerprint density at radius 1 is 0.969 bits per heavy atom. The Morgan fingerprint density at radius 2 is 1.66 bits per heavy atom. The third-order valence-corrected chi connectivity index (χ3v) is 5.64. The largest absolute Gasteiger partial charge is 0.495 e. The minimum Gasteiger partial charge on any atom is -0.495 e. The van der Waals surface area contributed by atoms with Gasteiger partial charge in [-0.3, -0.25) is 9.59 Å². The Kier molecular flexibility index (Phi) is 6.12. The zero-order chi connectivity index (χ0) is 22.7. The molecule has 1 heterocycles. The highest BCUT2D eigenvalue weighted by Crippen LogP contribution is 2.34. The van der Waals surface area contributed by atoms with E-state index in [2.05, 4.69) is 10.6 Å². The van der Waals surface area contributed by atoms with E-state index >= 15 is 0 Å². The number of carbonyl (C=O) groups excluding carboxylic acids is 2. The lowest BCUT2D eigenvalue weighted by molar-refractivity contribution is -0.122. The van der Waals surface area contributed by atoms with Crippen LogP contribution in [0.2, 0.25) is 0 Å². The molecule has 0 bridgehead atoms. The molecule has 32 heavy (non-hydrogen) atoms. The van der Waals surface area contributed by atoms with Crippen LogP contribution in [0, 0.1) is 19.8 Å². The van der Waals surface area contributed by atoms with Crippen LogP contribution in [0.25, 0.3) is 0 Å². The summed E-state index contributed by atoms with van der Waals surface area (Å²) >= 11 is 0. The minimum absolute atomic E-state index is 0.0832. The molecule has 1 fully saturated rings. The highest BCUT2D eigenvalue weighted by molar-refractivity contribution is 6.05. The maximum absolute atomic E-state index is 13.1. The van der Waals surface area contributed by atoms with Crippen molar-refractivity contribution in [1.82, 2.24) is 0 Å². The van der Waals surface area contributed by atoms with Crippen molar-refractivity contribution in [3.63, 3.8) is 0 Å². The van der Waals surface area contributed by atoms with Crippen molar-refractivity contribution < 1.29 is 14.3 Å². The summed E-state index contributed by atoms with van der Waals surface area (Å²) < 4.78 is 5.43. The number of rotatable bonds is 6. The molecule has 0 aliphatic carbocycles. The van der Waals surface area contributed by atoms with E-state index in [0.29, 0.717) is 23.7 Å². The van der Waals surface area contributed by atoms with Crippen LogP contribution in [0.1, 0.15) is 17.5 Å². The Labute approximate surface area is 188 Å². The number of amides is 2. The molecule has 2 N–H and O–H groups in total. The van der Waals surface area contributed by atoms with Gasteiger partial charge in [-0.2, -0.15) is 0 Å². The lowest BCUT2D eigenvalue weighted by Crippen LogP contribution is -2.28. The predicted molar refractivity (Wildman–Crippen MR) is 128 cm³/mol. The molecule has 1 unspecified atom stereocenters. The number of anilines is 4. The summed E-state index contributed by atoms with van der Waals surface area (Å²) in [6.07, 6.45) is 0.163. The van der Waals surface area contributed by atoms with Crippen LogP contribution in [-0.4, -0.2) is 25.5 Å². The van der Waals surface area contributed by atoms with E-state index in [1.165, 1.54) is 5.56 Å². The van der Waals surface area contributed by atoms with Crippen molar-refractivity contribution >= 4 is 34.6 Å². The predicted octanol–water partition coefficient (Wildman–Crippen LogP) is 5.05. The molecule has 0 spiro atoms. The molecule has 1 aliphatic rings. The molecule has 1 aliphatic heterocycles. The van der Waals surface area contributed by atoms with E-state index in [9.17, 15) is 9.59 Å². The van der Waals surface area contributed by atoms with Crippen LogP contribution in [0.3, 0.4) is 0 Å². The van der Waals surface area contributed by atoms with Gasteiger partial charge in [0.15, 0.2) is 0 Å². The topological polar surface area (TPSA) is 70.7 Å². The van der Waals surface area contributed by atoms with Crippen LogP contribution < -0.4 is 20.3 Å². The first-order valence-corrected chi connectivity index (χ1v) is 10.6. The maximum atomic E-state index is 13.1. The van der Waals surface area contributed by atoms with Crippen LogP contribution in [0.4, 0.5) is 22.7 Å². The van der Waals surface area contributed by atoms with Gasteiger partial charge in [-0.25, -0.2) is 0 Å². The quantitative estimate of drug-likeness (QED) is 0.575. The van der Waals surface area contributed by atoms with Crippen molar-refractivity contribution in [3.8, 4) is 5.75 Å². The molecular weight excluding hydrogens is 402 g/mol. The number of methoxy groups -OCH3 is 1. The smallest absolute Gasteiger partial charge is 0.229 e. The fourth-order valence-corrected chi connectivity index (χ4v) is 3.86. The molecular formula is C26H27N3O3. The van der Waals surface area contributed by atoms with E-state index in [0.717, 1.165) is 16.9 Å². The molecule has 1 atom stereocenters. The molecule has 6 heteroatoms. The fourth-order valence-electron chi connectivity index (χ4n) is 3.86. The number of benzene rings is 3. The normalized spacial score (nSPS) is 15.5. The molecule has 0 radical (unpaired) electrons. The Hall–Kier alpha value is -3.80. The van der Waals surface area contributed by atoms with E-state index in [-0.39, 0.29) is 18.2 Å². The second-order valence-electron chi connectivity index (χ2n) is 8.11. The zero-order valence-corrected chi connectivity index (χ0v) is 18.5. The molecule has 3 aromatic carbocycles.